The summed E-state index contributed by atoms with van der Waals surface area (Å²) in [5.74, 6) is -0.117. The van der Waals surface area contributed by atoms with Gasteiger partial charge in [0.15, 0.2) is 11.4 Å². The summed E-state index contributed by atoms with van der Waals surface area (Å²) in [4.78, 5) is 24.3. The number of nitrogens with zero attached hydrogens (tertiary/aromatic N) is 3. The fourth-order valence-corrected chi connectivity index (χ4v) is 2.18. The van der Waals surface area contributed by atoms with Crippen LogP contribution in [0.5, 0.6) is 0 Å². The van der Waals surface area contributed by atoms with Gasteiger partial charge < -0.3 is 0 Å². The lowest BCUT2D eigenvalue weighted by Crippen LogP contribution is -2.25. The van der Waals surface area contributed by atoms with Crippen molar-refractivity contribution in [3.63, 3.8) is 0 Å². The van der Waals surface area contributed by atoms with E-state index in [1.165, 1.54) is 9.08 Å². The van der Waals surface area contributed by atoms with E-state index in [1.54, 1.807) is 30.5 Å². The molecule has 3 rings (SSSR count). The van der Waals surface area contributed by atoms with Gasteiger partial charge in [0.05, 0.1) is 0 Å². The van der Waals surface area contributed by atoms with Crippen LogP contribution >= 0.6 is 0 Å². The van der Waals surface area contributed by atoms with Crippen molar-refractivity contribution in [3.05, 3.63) is 70.3 Å². The zero-order chi connectivity index (χ0) is 14.1. The SMILES string of the molecule is Cc1ccccc1C(=O)Cn1nc2ccccn2c1=O. The summed E-state index contributed by atoms with van der Waals surface area (Å²) in [6.45, 7) is 1.82. The van der Waals surface area contributed by atoms with Crippen LogP contribution in [-0.4, -0.2) is 20.0 Å². The lowest BCUT2D eigenvalue weighted by atomic mass is 10.1. The Morgan fingerprint density at radius 1 is 1.15 bits per heavy atom. The fraction of sp³-hybridized carbons (Fsp3) is 0.133. The Bertz CT molecular complexity index is 845. The second-order valence-corrected chi connectivity index (χ2v) is 4.61. The van der Waals surface area contributed by atoms with E-state index in [4.69, 9.17) is 0 Å². The molecule has 5 nitrogen and oxygen atoms in total. The summed E-state index contributed by atoms with van der Waals surface area (Å²) in [5, 5.41) is 4.15. The van der Waals surface area contributed by atoms with Crippen molar-refractivity contribution < 1.29 is 4.79 Å². The summed E-state index contributed by atoms with van der Waals surface area (Å²) in [7, 11) is 0. The number of carbonyl (C=O) groups is 1. The van der Waals surface area contributed by atoms with Crippen LogP contribution in [0.3, 0.4) is 0 Å². The van der Waals surface area contributed by atoms with E-state index in [0.29, 0.717) is 11.2 Å². The second-order valence-electron chi connectivity index (χ2n) is 4.61. The van der Waals surface area contributed by atoms with Gasteiger partial charge >= 0.3 is 5.69 Å². The number of hydrogen-bond acceptors (Lipinski definition) is 3. The third-order valence-corrected chi connectivity index (χ3v) is 3.23. The first-order valence-corrected chi connectivity index (χ1v) is 6.30. The Labute approximate surface area is 115 Å². The number of aromatic nitrogens is 3. The minimum Gasteiger partial charge on any atom is -0.292 e. The first-order valence-electron chi connectivity index (χ1n) is 6.30. The van der Waals surface area contributed by atoms with E-state index in [1.807, 2.05) is 25.1 Å². The van der Waals surface area contributed by atoms with Gasteiger partial charge in [-0.15, -0.1) is 5.10 Å². The molecule has 0 radical (unpaired) electrons. The number of benzene rings is 1. The normalized spacial score (nSPS) is 10.8. The number of ketones is 1. The first kappa shape index (κ1) is 12.3. The minimum atomic E-state index is -0.303. The van der Waals surface area contributed by atoms with Crippen molar-refractivity contribution in [2.45, 2.75) is 13.5 Å². The quantitative estimate of drug-likeness (QED) is 0.678. The zero-order valence-electron chi connectivity index (χ0n) is 11.0. The van der Waals surface area contributed by atoms with Crippen LogP contribution in [-0.2, 0) is 6.54 Å². The molecule has 100 valence electrons. The lowest BCUT2D eigenvalue weighted by Gasteiger charge is -2.03. The molecule has 0 amide bonds. The molecular formula is C15H13N3O2. The lowest BCUT2D eigenvalue weighted by molar-refractivity contribution is 0.0965. The topological polar surface area (TPSA) is 56.4 Å². The molecule has 1 aromatic carbocycles. The van der Waals surface area contributed by atoms with E-state index >= 15 is 0 Å². The highest BCUT2D eigenvalue weighted by atomic mass is 16.2. The van der Waals surface area contributed by atoms with E-state index in [-0.39, 0.29) is 18.0 Å². The predicted molar refractivity (Wildman–Crippen MR) is 75.0 cm³/mol. The summed E-state index contributed by atoms with van der Waals surface area (Å²) in [6, 6.07) is 12.6. The maximum atomic E-state index is 12.3. The van der Waals surface area contributed by atoms with Crippen molar-refractivity contribution in [3.8, 4) is 0 Å². The number of carbonyl (C=O) groups excluding carboxylic acids is 1. The first-order chi connectivity index (χ1) is 9.66. The summed E-state index contributed by atoms with van der Waals surface area (Å²) >= 11 is 0. The maximum Gasteiger partial charge on any atom is 0.350 e. The largest absolute Gasteiger partial charge is 0.350 e. The van der Waals surface area contributed by atoms with Crippen LogP contribution in [0.15, 0.2) is 53.5 Å². The van der Waals surface area contributed by atoms with Gasteiger partial charge in [0.1, 0.15) is 6.54 Å². The number of fused-ring (bicyclic) bond motifs is 1. The Morgan fingerprint density at radius 3 is 2.65 bits per heavy atom. The van der Waals surface area contributed by atoms with E-state index in [0.717, 1.165) is 5.56 Å². The molecule has 0 N–H and O–H groups in total. The van der Waals surface area contributed by atoms with Crippen LogP contribution in [0.25, 0.3) is 5.65 Å². The number of rotatable bonds is 3. The summed E-state index contributed by atoms with van der Waals surface area (Å²) in [6.07, 6.45) is 1.64. The zero-order valence-corrected chi connectivity index (χ0v) is 11.0. The smallest absolute Gasteiger partial charge is 0.292 e. The highest BCUT2D eigenvalue weighted by molar-refractivity contribution is 5.97. The molecule has 0 bridgehead atoms. The van der Waals surface area contributed by atoms with Crippen molar-refractivity contribution in [1.29, 1.82) is 0 Å². The van der Waals surface area contributed by atoms with E-state index in [9.17, 15) is 9.59 Å². The van der Waals surface area contributed by atoms with Gasteiger partial charge in [-0.3, -0.25) is 9.20 Å². The fourth-order valence-electron chi connectivity index (χ4n) is 2.18. The van der Waals surface area contributed by atoms with Gasteiger partial charge in [0.25, 0.3) is 0 Å². The van der Waals surface area contributed by atoms with Gasteiger partial charge in [0, 0.05) is 11.8 Å². The molecule has 0 aliphatic heterocycles. The Morgan fingerprint density at radius 2 is 1.90 bits per heavy atom. The average molecular weight is 267 g/mol. The highest BCUT2D eigenvalue weighted by Crippen LogP contribution is 2.08. The van der Waals surface area contributed by atoms with Gasteiger partial charge in [0.2, 0.25) is 0 Å². The summed E-state index contributed by atoms with van der Waals surface area (Å²) in [5.41, 5.74) is 1.75. The van der Waals surface area contributed by atoms with E-state index in [2.05, 4.69) is 5.10 Å². The Balaban J connectivity index is 1.98. The molecule has 2 heterocycles. The van der Waals surface area contributed by atoms with Crippen LogP contribution in [0, 0.1) is 6.92 Å². The van der Waals surface area contributed by atoms with Crippen LogP contribution in [0.2, 0.25) is 0 Å². The molecule has 0 unspecified atom stereocenters. The molecule has 2 aromatic heterocycles. The second kappa shape index (κ2) is 4.77. The van der Waals surface area contributed by atoms with Gasteiger partial charge in [-0.25, -0.2) is 9.48 Å². The third kappa shape index (κ3) is 2.03. The van der Waals surface area contributed by atoms with Crippen LogP contribution in [0.1, 0.15) is 15.9 Å². The molecule has 3 aromatic rings. The molecule has 0 fully saturated rings. The summed E-state index contributed by atoms with van der Waals surface area (Å²) < 4.78 is 2.62. The van der Waals surface area contributed by atoms with E-state index < -0.39 is 0 Å². The molecule has 5 heteroatoms. The van der Waals surface area contributed by atoms with Crippen molar-refractivity contribution in [1.82, 2.24) is 14.2 Å². The average Bonchev–Trinajstić information content (AvgIpc) is 2.76. The van der Waals surface area contributed by atoms with Gasteiger partial charge in [-0.1, -0.05) is 30.3 Å². The molecule has 0 saturated heterocycles. The molecule has 0 spiro atoms. The van der Waals surface area contributed by atoms with Crippen molar-refractivity contribution >= 4 is 11.4 Å². The highest BCUT2D eigenvalue weighted by Gasteiger charge is 2.13. The molecular weight excluding hydrogens is 254 g/mol. The molecule has 0 atom stereocenters. The molecule has 20 heavy (non-hydrogen) atoms. The van der Waals surface area contributed by atoms with Crippen molar-refractivity contribution in [2.24, 2.45) is 0 Å². The molecule has 0 aliphatic carbocycles. The standard InChI is InChI=1S/C15H13N3O2/c1-11-6-2-3-7-12(11)13(19)10-18-15(20)17-9-5-4-8-14(17)16-18/h2-9H,10H2,1H3. The van der Waals surface area contributed by atoms with Gasteiger partial charge in [-0.2, -0.15) is 0 Å². The van der Waals surface area contributed by atoms with Crippen LogP contribution in [0.4, 0.5) is 0 Å². The Kier molecular flexibility index (Phi) is 2.95. The monoisotopic (exact) mass is 267 g/mol. The molecule has 0 saturated carbocycles. The number of Topliss-reactive ketones (excluding diaryl/α,β-unsaturated/α-hetero) is 1. The third-order valence-electron chi connectivity index (χ3n) is 3.23. The maximum absolute atomic E-state index is 12.3. The number of pyridine rings is 1. The molecule has 0 aliphatic rings. The van der Waals surface area contributed by atoms with Crippen molar-refractivity contribution in [2.75, 3.05) is 0 Å². The minimum absolute atomic E-state index is 0.0502. The van der Waals surface area contributed by atoms with Gasteiger partial charge in [-0.05, 0) is 24.6 Å². The number of aryl methyl sites for hydroxylation is 1. The Hall–Kier alpha value is -2.69. The predicted octanol–water partition coefficient (Wildman–Crippen LogP) is 1.69. The van der Waals surface area contributed by atoms with Crippen LogP contribution < -0.4 is 5.69 Å². The number of hydrogen-bond donors (Lipinski definition) is 0.